The second-order valence-electron chi connectivity index (χ2n) is 7.35. The van der Waals surface area contributed by atoms with Crippen molar-refractivity contribution in [2.45, 2.75) is 64.5 Å². The maximum absolute atomic E-state index is 12.9. The summed E-state index contributed by atoms with van der Waals surface area (Å²) in [6.07, 6.45) is 4.38. The van der Waals surface area contributed by atoms with E-state index in [-0.39, 0.29) is 17.2 Å². The highest BCUT2D eigenvalue weighted by Gasteiger charge is 2.55. The van der Waals surface area contributed by atoms with Gasteiger partial charge in [-0.3, -0.25) is 9.59 Å². The van der Waals surface area contributed by atoms with Gasteiger partial charge in [0.1, 0.15) is 11.6 Å². The predicted octanol–water partition coefficient (Wildman–Crippen LogP) is 1.71. The zero-order valence-electron chi connectivity index (χ0n) is 13.7. The highest BCUT2D eigenvalue weighted by molar-refractivity contribution is 6.00. The Morgan fingerprint density at radius 2 is 1.90 bits per heavy atom. The third-order valence-electron chi connectivity index (χ3n) is 4.75. The van der Waals surface area contributed by atoms with Crippen LogP contribution in [0.5, 0.6) is 0 Å². The highest BCUT2D eigenvalue weighted by atomic mass is 16.5. The number of carbonyl (C=O) groups excluding carboxylic acids is 2. The zero-order valence-corrected chi connectivity index (χ0v) is 13.7. The first-order chi connectivity index (χ1) is 9.83. The molecule has 1 unspecified atom stereocenters. The van der Waals surface area contributed by atoms with Crippen LogP contribution in [0.4, 0.5) is 0 Å². The maximum Gasteiger partial charge on any atom is 0.246 e. The fourth-order valence-electron chi connectivity index (χ4n) is 3.55. The number of hydrogen-bond donors (Lipinski definition) is 1. The standard InChI is InChI=1S/C16H28N2O3/c1-15(2,3)12-13(19)18(10-7-11-21-4)16(14(20)17-12)8-5-6-9-16/h12H,5-11H2,1-4H3,(H,17,20). The number of methoxy groups -OCH3 is 1. The number of nitrogens with one attached hydrogen (secondary N) is 1. The Morgan fingerprint density at radius 1 is 1.29 bits per heavy atom. The molecule has 1 heterocycles. The summed E-state index contributed by atoms with van der Waals surface area (Å²) in [5.74, 6) is 0.108. The molecule has 0 aromatic heterocycles. The molecule has 1 N–H and O–H groups in total. The summed E-state index contributed by atoms with van der Waals surface area (Å²) in [4.78, 5) is 27.5. The highest BCUT2D eigenvalue weighted by Crippen LogP contribution is 2.40. The van der Waals surface area contributed by atoms with Gasteiger partial charge in [0.2, 0.25) is 11.8 Å². The second kappa shape index (κ2) is 5.95. The smallest absolute Gasteiger partial charge is 0.246 e. The Labute approximate surface area is 127 Å². The summed E-state index contributed by atoms with van der Waals surface area (Å²) in [5.41, 5.74) is -0.876. The van der Waals surface area contributed by atoms with Gasteiger partial charge in [-0.05, 0) is 24.7 Å². The molecule has 1 atom stereocenters. The second-order valence-corrected chi connectivity index (χ2v) is 7.35. The van der Waals surface area contributed by atoms with Gasteiger partial charge in [-0.1, -0.05) is 33.6 Å². The minimum atomic E-state index is -0.605. The van der Waals surface area contributed by atoms with Gasteiger partial charge in [0.05, 0.1) is 0 Å². The molecular weight excluding hydrogens is 268 g/mol. The van der Waals surface area contributed by atoms with Crippen molar-refractivity contribution in [3.8, 4) is 0 Å². The van der Waals surface area contributed by atoms with Gasteiger partial charge >= 0.3 is 0 Å². The number of carbonyl (C=O) groups is 2. The maximum atomic E-state index is 12.9. The van der Waals surface area contributed by atoms with E-state index in [9.17, 15) is 9.59 Å². The number of amides is 2. The van der Waals surface area contributed by atoms with Crippen molar-refractivity contribution in [3.05, 3.63) is 0 Å². The fraction of sp³-hybridized carbons (Fsp3) is 0.875. The van der Waals surface area contributed by atoms with Crippen molar-refractivity contribution in [2.24, 2.45) is 5.41 Å². The van der Waals surface area contributed by atoms with Crippen LogP contribution >= 0.6 is 0 Å². The van der Waals surface area contributed by atoms with E-state index < -0.39 is 11.6 Å². The first-order valence-electron chi connectivity index (χ1n) is 7.94. The van der Waals surface area contributed by atoms with Crippen LogP contribution in [-0.4, -0.2) is 48.6 Å². The molecular formula is C16H28N2O3. The van der Waals surface area contributed by atoms with Gasteiger partial charge in [-0.15, -0.1) is 0 Å². The van der Waals surface area contributed by atoms with Crippen LogP contribution in [0.1, 0.15) is 52.9 Å². The van der Waals surface area contributed by atoms with Crippen molar-refractivity contribution in [1.82, 2.24) is 10.2 Å². The molecule has 120 valence electrons. The van der Waals surface area contributed by atoms with Gasteiger partial charge in [0.25, 0.3) is 0 Å². The van der Waals surface area contributed by atoms with Gasteiger partial charge < -0.3 is 15.0 Å². The quantitative estimate of drug-likeness (QED) is 0.804. The molecule has 5 nitrogen and oxygen atoms in total. The Bertz CT molecular complexity index is 408. The minimum absolute atomic E-state index is 0.0388. The molecule has 2 fully saturated rings. The van der Waals surface area contributed by atoms with Crippen LogP contribution in [0, 0.1) is 5.41 Å². The van der Waals surface area contributed by atoms with E-state index in [4.69, 9.17) is 4.74 Å². The number of rotatable bonds is 4. The number of piperazine rings is 1. The summed E-state index contributed by atoms with van der Waals surface area (Å²) in [5, 5.41) is 3.00. The molecule has 1 spiro atoms. The normalized spacial score (nSPS) is 25.5. The lowest BCUT2D eigenvalue weighted by molar-refractivity contribution is -0.160. The largest absolute Gasteiger partial charge is 0.385 e. The van der Waals surface area contributed by atoms with Gasteiger partial charge in [-0.25, -0.2) is 0 Å². The molecule has 1 aliphatic carbocycles. The van der Waals surface area contributed by atoms with E-state index >= 15 is 0 Å². The fourth-order valence-corrected chi connectivity index (χ4v) is 3.55. The van der Waals surface area contributed by atoms with Crippen LogP contribution in [0.15, 0.2) is 0 Å². The molecule has 2 aliphatic rings. The monoisotopic (exact) mass is 296 g/mol. The molecule has 1 saturated carbocycles. The molecule has 1 aliphatic heterocycles. The van der Waals surface area contributed by atoms with E-state index in [0.717, 1.165) is 32.1 Å². The third-order valence-corrected chi connectivity index (χ3v) is 4.75. The Kier molecular flexibility index (Phi) is 4.61. The average molecular weight is 296 g/mol. The van der Waals surface area contributed by atoms with Crippen LogP contribution in [0.25, 0.3) is 0 Å². The lowest BCUT2D eigenvalue weighted by Crippen LogP contribution is -2.72. The minimum Gasteiger partial charge on any atom is -0.385 e. The molecule has 0 aromatic carbocycles. The van der Waals surface area contributed by atoms with Gasteiger partial charge in [-0.2, -0.15) is 0 Å². The van der Waals surface area contributed by atoms with Crippen molar-refractivity contribution in [1.29, 1.82) is 0 Å². The average Bonchev–Trinajstić information content (AvgIpc) is 2.87. The predicted molar refractivity (Wildman–Crippen MR) is 80.8 cm³/mol. The number of ether oxygens (including phenoxy) is 1. The molecule has 2 rings (SSSR count). The molecule has 5 heteroatoms. The Balaban J connectivity index is 2.26. The van der Waals surface area contributed by atoms with Crippen molar-refractivity contribution in [3.63, 3.8) is 0 Å². The van der Waals surface area contributed by atoms with Crippen LogP contribution in [0.3, 0.4) is 0 Å². The molecule has 0 aromatic rings. The van der Waals surface area contributed by atoms with Gasteiger partial charge in [0, 0.05) is 20.3 Å². The van der Waals surface area contributed by atoms with Crippen molar-refractivity contribution < 1.29 is 14.3 Å². The molecule has 0 bridgehead atoms. The van der Waals surface area contributed by atoms with E-state index in [0.29, 0.717) is 13.2 Å². The SMILES string of the molecule is COCCCN1C(=O)C(C(C)(C)C)NC(=O)C12CCCC2. The summed E-state index contributed by atoms with van der Waals surface area (Å²) in [6.45, 7) is 7.20. The van der Waals surface area contributed by atoms with E-state index in [1.165, 1.54) is 0 Å². The van der Waals surface area contributed by atoms with E-state index in [1.807, 2.05) is 25.7 Å². The topological polar surface area (TPSA) is 58.6 Å². The Morgan fingerprint density at radius 3 is 2.43 bits per heavy atom. The van der Waals surface area contributed by atoms with Gasteiger partial charge in [0.15, 0.2) is 0 Å². The van der Waals surface area contributed by atoms with Crippen LogP contribution in [0.2, 0.25) is 0 Å². The lowest BCUT2D eigenvalue weighted by Gasteiger charge is -2.49. The molecule has 21 heavy (non-hydrogen) atoms. The van der Waals surface area contributed by atoms with Crippen molar-refractivity contribution in [2.75, 3.05) is 20.3 Å². The summed E-state index contributed by atoms with van der Waals surface area (Å²) in [7, 11) is 1.66. The van der Waals surface area contributed by atoms with E-state index in [1.54, 1.807) is 7.11 Å². The third kappa shape index (κ3) is 2.93. The molecule has 2 amide bonds. The first kappa shape index (κ1) is 16.3. The Hall–Kier alpha value is -1.10. The lowest BCUT2D eigenvalue weighted by atomic mass is 9.80. The summed E-state index contributed by atoms with van der Waals surface area (Å²) < 4.78 is 5.10. The number of hydrogen-bond acceptors (Lipinski definition) is 3. The summed E-state index contributed by atoms with van der Waals surface area (Å²) in [6, 6.07) is -0.432. The first-order valence-corrected chi connectivity index (χ1v) is 7.94. The van der Waals surface area contributed by atoms with Crippen LogP contribution in [-0.2, 0) is 14.3 Å². The summed E-state index contributed by atoms with van der Waals surface area (Å²) >= 11 is 0. The number of nitrogens with zero attached hydrogens (tertiary/aromatic N) is 1. The zero-order chi connectivity index (χ0) is 15.7. The molecule has 1 saturated heterocycles. The van der Waals surface area contributed by atoms with Crippen molar-refractivity contribution >= 4 is 11.8 Å². The van der Waals surface area contributed by atoms with E-state index in [2.05, 4.69) is 5.32 Å². The molecule has 0 radical (unpaired) electrons. The van der Waals surface area contributed by atoms with Crippen LogP contribution < -0.4 is 5.32 Å².